The van der Waals surface area contributed by atoms with E-state index in [0.717, 1.165) is 30.5 Å². The van der Waals surface area contributed by atoms with Crippen molar-refractivity contribution in [3.8, 4) is 0 Å². The molecule has 114 valence electrons. The van der Waals surface area contributed by atoms with Gasteiger partial charge in [0.2, 0.25) is 0 Å². The van der Waals surface area contributed by atoms with Crippen LogP contribution in [0.5, 0.6) is 0 Å². The third kappa shape index (κ3) is 3.30. The smallest absolute Gasteiger partial charge is 0.128 e. The van der Waals surface area contributed by atoms with Crippen molar-refractivity contribution in [1.82, 2.24) is 10.3 Å². The SMILES string of the molecule is CCNC(c1c(C)ccnc1N)C(CC)(CC)OCC. The number of anilines is 1. The lowest BCUT2D eigenvalue weighted by molar-refractivity contribution is -0.0730. The maximum Gasteiger partial charge on any atom is 0.128 e. The number of hydrogen-bond donors (Lipinski definition) is 2. The first kappa shape index (κ1) is 16.9. The van der Waals surface area contributed by atoms with E-state index >= 15 is 0 Å². The number of likely N-dealkylation sites (N-methyl/N-ethyl adjacent to an activating group) is 1. The molecule has 4 heteroatoms. The molecule has 1 aromatic rings. The topological polar surface area (TPSA) is 60.2 Å². The summed E-state index contributed by atoms with van der Waals surface area (Å²) in [6.07, 6.45) is 3.63. The lowest BCUT2D eigenvalue weighted by atomic mass is 9.82. The van der Waals surface area contributed by atoms with Gasteiger partial charge in [-0.2, -0.15) is 0 Å². The minimum absolute atomic E-state index is 0.0659. The van der Waals surface area contributed by atoms with E-state index in [1.807, 2.05) is 13.0 Å². The second kappa shape index (κ2) is 7.60. The molecule has 0 aliphatic carbocycles. The van der Waals surface area contributed by atoms with E-state index in [4.69, 9.17) is 10.5 Å². The van der Waals surface area contributed by atoms with Crippen LogP contribution in [0.1, 0.15) is 57.7 Å². The second-order valence-corrected chi connectivity index (χ2v) is 5.12. The van der Waals surface area contributed by atoms with Gasteiger partial charge < -0.3 is 15.8 Å². The Bertz CT molecular complexity index is 396. The molecule has 0 spiro atoms. The number of nitrogens with two attached hydrogens (primary N) is 1. The monoisotopic (exact) mass is 279 g/mol. The van der Waals surface area contributed by atoms with Crippen LogP contribution in [0, 0.1) is 6.92 Å². The van der Waals surface area contributed by atoms with E-state index < -0.39 is 0 Å². The van der Waals surface area contributed by atoms with Crippen molar-refractivity contribution in [2.24, 2.45) is 0 Å². The van der Waals surface area contributed by atoms with Gasteiger partial charge in [0, 0.05) is 18.4 Å². The van der Waals surface area contributed by atoms with Crippen LogP contribution < -0.4 is 11.1 Å². The molecule has 0 bridgehead atoms. The van der Waals surface area contributed by atoms with E-state index in [-0.39, 0.29) is 11.6 Å². The minimum atomic E-state index is -0.243. The van der Waals surface area contributed by atoms with Crippen molar-refractivity contribution in [3.63, 3.8) is 0 Å². The molecule has 0 amide bonds. The van der Waals surface area contributed by atoms with Crippen LogP contribution in [-0.4, -0.2) is 23.7 Å². The molecule has 3 N–H and O–H groups in total. The number of hydrogen-bond acceptors (Lipinski definition) is 4. The summed E-state index contributed by atoms with van der Waals surface area (Å²) >= 11 is 0. The summed E-state index contributed by atoms with van der Waals surface area (Å²) in [6.45, 7) is 12.1. The number of ether oxygens (including phenoxy) is 1. The molecule has 0 aliphatic heterocycles. The van der Waals surface area contributed by atoms with Crippen LogP contribution in [0.4, 0.5) is 5.82 Å². The molecule has 1 heterocycles. The van der Waals surface area contributed by atoms with Crippen LogP contribution in [0.25, 0.3) is 0 Å². The first-order valence-electron chi connectivity index (χ1n) is 7.64. The number of nitrogen functional groups attached to an aromatic ring is 1. The molecule has 20 heavy (non-hydrogen) atoms. The quantitative estimate of drug-likeness (QED) is 0.767. The second-order valence-electron chi connectivity index (χ2n) is 5.12. The van der Waals surface area contributed by atoms with Crippen LogP contribution >= 0.6 is 0 Å². The Morgan fingerprint density at radius 2 is 1.95 bits per heavy atom. The van der Waals surface area contributed by atoms with E-state index in [1.165, 1.54) is 0 Å². The van der Waals surface area contributed by atoms with Crippen molar-refractivity contribution in [2.45, 2.75) is 59.1 Å². The predicted molar refractivity (Wildman–Crippen MR) is 84.7 cm³/mol. The van der Waals surface area contributed by atoms with Crippen molar-refractivity contribution < 1.29 is 4.74 Å². The lowest BCUT2D eigenvalue weighted by Gasteiger charge is -2.41. The average molecular weight is 279 g/mol. The highest BCUT2D eigenvalue weighted by molar-refractivity contribution is 5.47. The molecular weight excluding hydrogens is 250 g/mol. The molecule has 0 aliphatic rings. The van der Waals surface area contributed by atoms with Crippen LogP contribution in [0.2, 0.25) is 0 Å². The summed E-state index contributed by atoms with van der Waals surface area (Å²) in [5.41, 5.74) is 8.14. The fraction of sp³-hybridized carbons (Fsp3) is 0.688. The van der Waals surface area contributed by atoms with Gasteiger partial charge in [-0.3, -0.25) is 0 Å². The van der Waals surface area contributed by atoms with Gasteiger partial charge in [0.25, 0.3) is 0 Å². The fourth-order valence-corrected chi connectivity index (χ4v) is 2.95. The normalized spacial score (nSPS) is 13.4. The van der Waals surface area contributed by atoms with Gasteiger partial charge in [-0.15, -0.1) is 0 Å². The third-order valence-electron chi connectivity index (χ3n) is 4.09. The van der Waals surface area contributed by atoms with Crippen LogP contribution in [-0.2, 0) is 4.74 Å². The van der Waals surface area contributed by atoms with Crippen LogP contribution in [0.15, 0.2) is 12.3 Å². The summed E-state index contributed by atoms with van der Waals surface area (Å²) in [5, 5.41) is 3.56. The van der Waals surface area contributed by atoms with Crippen molar-refractivity contribution in [3.05, 3.63) is 23.4 Å². The van der Waals surface area contributed by atoms with Crippen molar-refractivity contribution in [2.75, 3.05) is 18.9 Å². The number of nitrogens with one attached hydrogen (secondary N) is 1. The van der Waals surface area contributed by atoms with Gasteiger partial charge in [0.05, 0.1) is 11.6 Å². The Balaban J connectivity index is 3.34. The summed E-state index contributed by atoms with van der Waals surface area (Å²) < 4.78 is 6.16. The van der Waals surface area contributed by atoms with Crippen molar-refractivity contribution in [1.29, 1.82) is 0 Å². The van der Waals surface area contributed by atoms with Gasteiger partial charge in [-0.25, -0.2) is 4.98 Å². The molecule has 1 atom stereocenters. The molecule has 0 saturated carbocycles. The highest BCUT2D eigenvalue weighted by Gasteiger charge is 2.39. The summed E-state index contributed by atoms with van der Waals surface area (Å²) in [4.78, 5) is 4.27. The summed E-state index contributed by atoms with van der Waals surface area (Å²) in [6, 6.07) is 2.08. The highest BCUT2D eigenvalue weighted by Crippen LogP contribution is 2.38. The summed E-state index contributed by atoms with van der Waals surface area (Å²) in [7, 11) is 0. The number of nitrogens with zero attached hydrogens (tertiary/aromatic N) is 1. The van der Waals surface area contributed by atoms with E-state index in [0.29, 0.717) is 12.4 Å². The number of pyridine rings is 1. The molecule has 1 unspecified atom stereocenters. The highest BCUT2D eigenvalue weighted by atomic mass is 16.5. The Kier molecular flexibility index (Phi) is 6.43. The molecular formula is C16H29N3O. The zero-order chi connectivity index (χ0) is 15.2. The Morgan fingerprint density at radius 1 is 1.30 bits per heavy atom. The number of aromatic nitrogens is 1. The molecule has 0 saturated heterocycles. The molecule has 0 fully saturated rings. The number of aryl methyl sites for hydroxylation is 1. The maximum absolute atomic E-state index is 6.16. The molecule has 0 aromatic carbocycles. The zero-order valence-corrected chi connectivity index (χ0v) is 13.5. The van der Waals surface area contributed by atoms with E-state index in [1.54, 1.807) is 6.20 Å². The van der Waals surface area contributed by atoms with Gasteiger partial charge in [0.1, 0.15) is 5.82 Å². The van der Waals surface area contributed by atoms with E-state index in [2.05, 4.69) is 38.0 Å². The molecule has 0 radical (unpaired) electrons. The van der Waals surface area contributed by atoms with E-state index in [9.17, 15) is 0 Å². The lowest BCUT2D eigenvalue weighted by Crippen LogP contribution is -2.46. The average Bonchev–Trinajstić information content (AvgIpc) is 2.44. The van der Waals surface area contributed by atoms with Crippen LogP contribution in [0.3, 0.4) is 0 Å². The largest absolute Gasteiger partial charge is 0.383 e. The van der Waals surface area contributed by atoms with Gasteiger partial charge in [-0.1, -0.05) is 20.8 Å². The Labute approximate surface area is 123 Å². The van der Waals surface area contributed by atoms with Gasteiger partial charge in [-0.05, 0) is 44.9 Å². The molecule has 1 rings (SSSR count). The maximum atomic E-state index is 6.16. The predicted octanol–water partition coefficient (Wildman–Crippen LogP) is 3.22. The Hall–Kier alpha value is -1.13. The Morgan fingerprint density at radius 3 is 2.40 bits per heavy atom. The first-order chi connectivity index (χ1) is 9.56. The zero-order valence-electron chi connectivity index (χ0n) is 13.5. The fourth-order valence-electron chi connectivity index (χ4n) is 2.95. The standard InChI is InChI=1S/C16H29N3O/c1-6-16(7-2,20-9-4)14(18-8-3)13-12(5)10-11-19-15(13)17/h10-11,14,18H,6-9H2,1-5H3,(H2,17,19). The van der Waals surface area contributed by atoms with Crippen molar-refractivity contribution >= 4 is 5.82 Å². The first-order valence-corrected chi connectivity index (χ1v) is 7.64. The molecule has 1 aromatic heterocycles. The third-order valence-corrected chi connectivity index (χ3v) is 4.09. The van der Waals surface area contributed by atoms with Gasteiger partial charge in [0.15, 0.2) is 0 Å². The minimum Gasteiger partial charge on any atom is -0.383 e. The summed E-state index contributed by atoms with van der Waals surface area (Å²) in [5.74, 6) is 0.599. The molecule has 4 nitrogen and oxygen atoms in total. The number of rotatable bonds is 8. The van der Waals surface area contributed by atoms with Gasteiger partial charge >= 0.3 is 0 Å².